The Morgan fingerprint density at radius 2 is 2.47 bits per heavy atom. The molecule has 0 radical (unpaired) electrons. The van der Waals surface area contributed by atoms with Gasteiger partial charge < -0.3 is 15.6 Å². The number of nitrogens with two attached hydrogens (primary N) is 1. The van der Waals surface area contributed by atoms with Crippen LogP contribution in [0.1, 0.15) is 38.2 Å². The van der Waals surface area contributed by atoms with Gasteiger partial charge in [-0.05, 0) is 12.5 Å². The molecule has 1 fully saturated rings. The van der Waals surface area contributed by atoms with E-state index in [4.69, 9.17) is 10.5 Å². The van der Waals surface area contributed by atoms with Gasteiger partial charge in [-0.25, -0.2) is 4.98 Å². The number of nitrogen functional groups attached to an aromatic ring is 1. The molecule has 17 heavy (non-hydrogen) atoms. The third-order valence-electron chi connectivity index (χ3n) is 3.39. The normalized spacial score (nSPS) is 29.2. The lowest BCUT2D eigenvalue weighted by Crippen LogP contribution is -2.39. The lowest BCUT2D eigenvalue weighted by atomic mass is 9.83. The molecule has 1 saturated heterocycles. The largest absolute Gasteiger partial charge is 0.385 e. The number of aliphatic hydroxyl groups is 1. The van der Waals surface area contributed by atoms with Crippen molar-refractivity contribution in [3.63, 3.8) is 0 Å². The molecule has 0 aromatic carbocycles. The predicted molar refractivity (Wildman–Crippen MR) is 66.4 cm³/mol. The highest BCUT2D eigenvalue weighted by molar-refractivity contribution is 5.43. The number of hydrogen-bond acceptors (Lipinski definition) is 4. The van der Waals surface area contributed by atoms with E-state index in [1.807, 2.05) is 12.1 Å². The van der Waals surface area contributed by atoms with E-state index < -0.39 is 5.60 Å². The second-order valence-electron chi connectivity index (χ2n) is 4.70. The summed E-state index contributed by atoms with van der Waals surface area (Å²) in [6.07, 6.45) is 5.00. The van der Waals surface area contributed by atoms with E-state index in [-0.39, 0.29) is 6.10 Å². The van der Waals surface area contributed by atoms with Crippen LogP contribution in [0.5, 0.6) is 0 Å². The molecule has 2 rings (SSSR count). The molecule has 0 amide bonds. The molecule has 1 aliphatic rings. The van der Waals surface area contributed by atoms with Crippen LogP contribution in [0.15, 0.2) is 18.3 Å². The van der Waals surface area contributed by atoms with Crippen molar-refractivity contribution in [1.82, 2.24) is 4.98 Å². The van der Waals surface area contributed by atoms with Gasteiger partial charge in [-0.1, -0.05) is 19.4 Å². The van der Waals surface area contributed by atoms with E-state index in [9.17, 15) is 5.11 Å². The molecule has 0 spiro atoms. The van der Waals surface area contributed by atoms with Crippen LogP contribution in [0.4, 0.5) is 5.82 Å². The highest BCUT2D eigenvalue weighted by Gasteiger charge is 2.37. The first-order valence-electron chi connectivity index (χ1n) is 6.20. The zero-order valence-corrected chi connectivity index (χ0v) is 10.2. The summed E-state index contributed by atoms with van der Waals surface area (Å²) in [4.78, 5) is 4.05. The van der Waals surface area contributed by atoms with E-state index >= 15 is 0 Å². The molecule has 2 atom stereocenters. The third kappa shape index (κ3) is 2.58. The van der Waals surface area contributed by atoms with Gasteiger partial charge in [0.05, 0.1) is 18.3 Å². The number of anilines is 1. The molecule has 0 aliphatic carbocycles. The van der Waals surface area contributed by atoms with Gasteiger partial charge in [0, 0.05) is 24.6 Å². The van der Waals surface area contributed by atoms with Crippen molar-refractivity contribution in [3.8, 4) is 0 Å². The molecule has 1 aliphatic heterocycles. The maximum atomic E-state index is 10.7. The number of rotatable bonds is 3. The number of hydrogen-bond donors (Lipinski definition) is 2. The minimum absolute atomic E-state index is 0.123. The first kappa shape index (κ1) is 12.3. The summed E-state index contributed by atoms with van der Waals surface area (Å²) in [5.74, 6) is 0.423. The van der Waals surface area contributed by atoms with Gasteiger partial charge in [-0.2, -0.15) is 0 Å². The SMILES string of the molecule is CCCC1CC(O)(c2cccnc2N)CCO1. The van der Waals surface area contributed by atoms with Crippen molar-refractivity contribution in [1.29, 1.82) is 0 Å². The van der Waals surface area contributed by atoms with Gasteiger partial charge in [-0.15, -0.1) is 0 Å². The smallest absolute Gasteiger partial charge is 0.129 e. The summed E-state index contributed by atoms with van der Waals surface area (Å²) in [7, 11) is 0. The fraction of sp³-hybridized carbons (Fsp3) is 0.615. The summed E-state index contributed by atoms with van der Waals surface area (Å²) in [5, 5.41) is 10.7. The Morgan fingerprint density at radius 1 is 1.65 bits per heavy atom. The Hall–Kier alpha value is -1.13. The lowest BCUT2D eigenvalue weighted by Gasteiger charge is -2.37. The quantitative estimate of drug-likeness (QED) is 0.840. The number of pyridine rings is 1. The van der Waals surface area contributed by atoms with E-state index in [0.29, 0.717) is 25.3 Å². The molecule has 3 N–H and O–H groups in total. The van der Waals surface area contributed by atoms with Crippen molar-refractivity contribution in [3.05, 3.63) is 23.9 Å². The molecule has 2 heterocycles. The second-order valence-corrected chi connectivity index (χ2v) is 4.70. The van der Waals surface area contributed by atoms with Crippen LogP contribution in [-0.4, -0.2) is 22.8 Å². The topological polar surface area (TPSA) is 68.4 Å². The number of nitrogens with zero attached hydrogens (tertiary/aromatic N) is 1. The standard InChI is InChI=1S/C13H20N2O2/c1-2-4-10-9-13(16,6-8-17-10)11-5-3-7-15-12(11)14/h3,5,7,10,16H,2,4,6,8-9H2,1H3,(H2,14,15). The summed E-state index contributed by atoms with van der Waals surface area (Å²) in [6.45, 7) is 2.70. The van der Waals surface area contributed by atoms with Crippen molar-refractivity contribution in [2.45, 2.75) is 44.3 Å². The Kier molecular flexibility index (Phi) is 3.64. The zero-order chi connectivity index (χ0) is 12.3. The molecule has 1 aromatic heterocycles. The Bertz CT molecular complexity index is 381. The Morgan fingerprint density at radius 3 is 3.18 bits per heavy atom. The van der Waals surface area contributed by atoms with E-state index in [2.05, 4.69) is 11.9 Å². The first-order chi connectivity index (χ1) is 8.15. The molecular weight excluding hydrogens is 216 g/mol. The average molecular weight is 236 g/mol. The van der Waals surface area contributed by atoms with E-state index in [1.54, 1.807) is 6.20 Å². The molecule has 94 valence electrons. The Balaban J connectivity index is 2.20. The zero-order valence-electron chi connectivity index (χ0n) is 10.2. The molecule has 2 unspecified atom stereocenters. The van der Waals surface area contributed by atoms with Gasteiger partial charge in [0.25, 0.3) is 0 Å². The fourth-order valence-electron chi connectivity index (χ4n) is 2.50. The van der Waals surface area contributed by atoms with Crippen molar-refractivity contribution in [2.24, 2.45) is 0 Å². The summed E-state index contributed by atoms with van der Waals surface area (Å²) < 4.78 is 5.65. The van der Waals surface area contributed by atoms with Crippen molar-refractivity contribution < 1.29 is 9.84 Å². The van der Waals surface area contributed by atoms with Crippen LogP contribution >= 0.6 is 0 Å². The summed E-state index contributed by atoms with van der Waals surface area (Å²) in [6, 6.07) is 3.67. The molecule has 0 bridgehead atoms. The Labute approximate surface area is 102 Å². The van der Waals surface area contributed by atoms with Gasteiger partial charge in [-0.3, -0.25) is 0 Å². The monoisotopic (exact) mass is 236 g/mol. The van der Waals surface area contributed by atoms with Crippen molar-refractivity contribution in [2.75, 3.05) is 12.3 Å². The minimum atomic E-state index is -0.879. The predicted octanol–water partition coefficient (Wildman–Crippen LogP) is 1.83. The van der Waals surface area contributed by atoms with E-state index in [1.165, 1.54) is 0 Å². The van der Waals surface area contributed by atoms with Crippen LogP contribution in [0, 0.1) is 0 Å². The first-order valence-corrected chi connectivity index (χ1v) is 6.20. The average Bonchev–Trinajstić information content (AvgIpc) is 2.30. The number of aromatic nitrogens is 1. The van der Waals surface area contributed by atoms with Crippen LogP contribution < -0.4 is 5.73 Å². The second kappa shape index (κ2) is 5.02. The molecule has 4 heteroatoms. The molecule has 1 aromatic rings. The summed E-state index contributed by atoms with van der Waals surface area (Å²) in [5.41, 5.74) is 5.71. The number of ether oxygens (including phenoxy) is 1. The van der Waals surface area contributed by atoms with Gasteiger partial charge >= 0.3 is 0 Å². The maximum absolute atomic E-state index is 10.7. The van der Waals surface area contributed by atoms with Gasteiger partial charge in [0.1, 0.15) is 5.82 Å². The highest BCUT2D eigenvalue weighted by atomic mass is 16.5. The minimum Gasteiger partial charge on any atom is -0.385 e. The fourth-order valence-corrected chi connectivity index (χ4v) is 2.50. The highest BCUT2D eigenvalue weighted by Crippen LogP contribution is 2.37. The van der Waals surface area contributed by atoms with Gasteiger partial charge in [0.2, 0.25) is 0 Å². The summed E-state index contributed by atoms with van der Waals surface area (Å²) >= 11 is 0. The van der Waals surface area contributed by atoms with Crippen molar-refractivity contribution >= 4 is 5.82 Å². The lowest BCUT2D eigenvalue weighted by molar-refractivity contribution is -0.109. The molecule has 0 saturated carbocycles. The van der Waals surface area contributed by atoms with Crippen LogP contribution in [-0.2, 0) is 10.3 Å². The molecule has 4 nitrogen and oxygen atoms in total. The van der Waals surface area contributed by atoms with Crippen LogP contribution in [0.2, 0.25) is 0 Å². The third-order valence-corrected chi connectivity index (χ3v) is 3.39. The van der Waals surface area contributed by atoms with Crippen LogP contribution in [0.25, 0.3) is 0 Å². The maximum Gasteiger partial charge on any atom is 0.129 e. The van der Waals surface area contributed by atoms with E-state index in [0.717, 1.165) is 18.4 Å². The van der Waals surface area contributed by atoms with Gasteiger partial charge in [0.15, 0.2) is 0 Å². The van der Waals surface area contributed by atoms with Crippen LogP contribution in [0.3, 0.4) is 0 Å². The molecular formula is C13H20N2O2.